The molecule has 25 heavy (non-hydrogen) atoms. The number of nitrogens with zero attached hydrogens (tertiary/aromatic N) is 1. The van der Waals surface area contributed by atoms with E-state index in [1.54, 1.807) is 23.9 Å². The van der Waals surface area contributed by atoms with E-state index in [0.29, 0.717) is 10.0 Å². The van der Waals surface area contributed by atoms with E-state index in [2.05, 4.69) is 0 Å². The van der Waals surface area contributed by atoms with Crippen molar-refractivity contribution in [2.45, 2.75) is 29.5 Å². The number of benzene rings is 2. The summed E-state index contributed by atoms with van der Waals surface area (Å²) in [4.78, 5) is 15.5. The second-order valence-electron chi connectivity index (χ2n) is 6.19. The molecule has 132 valence electrons. The van der Waals surface area contributed by atoms with E-state index in [9.17, 15) is 4.79 Å². The van der Waals surface area contributed by atoms with Crippen LogP contribution in [0.15, 0.2) is 47.4 Å². The summed E-state index contributed by atoms with van der Waals surface area (Å²) >= 11 is 13.9. The maximum Gasteiger partial charge on any atom is 0.253 e. The molecular weight excluding hydrogens is 375 g/mol. The van der Waals surface area contributed by atoms with Crippen LogP contribution in [0.4, 0.5) is 0 Å². The van der Waals surface area contributed by atoms with Crippen LogP contribution in [0, 0.1) is 0 Å². The molecule has 0 atom stereocenters. The minimum Gasteiger partial charge on any atom is -0.339 e. The van der Waals surface area contributed by atoms with Crippen molar-refractivity contribution in [3.63, 3.8) is 0 Å². The molecule has 0 radical (unpaired) electrons. The van der Waals surface area contributed by atoms with Gasteiger partial charge in [-0.05, 0) is 48.7 Å². The Morgan fingerprint density at radius 2 is 1.92 bits per heavy atom. The topological polar surface area (TPSA) is 46.3 Å². The Labute approximate surface area is 162 Å². The molecular formula is C19H20Cl2N2OS. The molecule has 6 heteroatoms. The highest BCUT2D eigenvalue weighted by Crippen LogP contribution is 2.32. The van der Waals surface area contributed by atoms with Crippen LogP contribution in [0.3, 0.4) is 0 Å². The Morgan fingerprint density at radius 1 is 1.16 bits per heavy atom. The SMILES string of the molecule is NC1CCN(C(=O)c2cccc(CSc3cc(Cl)ccc3Cl)c2)CC1. The number of amides is 1. The van der Waals surface area contributed by atoms with Crippen LogP contribution in [-0.4, -0.2) is 29.9 Å². The molecule has 1 aliphatic heterocycles. The third-order valence-corrected chi connectivity index (χ3v) is 6.09. The van der Waals surface area contributed by atoms with Gasteiger partial charge in [0.25, 0.3) is 5.91 Å². The van der Waals surface area contributed by atoms with Crippen LogP contribution in [0.1, 0.15) is 28.8 Å². The van der Waals surface area contributed by atoms with Crippen LogP contribution in [-0.2, 0) is 5.75 Å². The van der Waals surface area contributed by atoms with Gasteiger partial charge in [0.05, 0.1) is 5.02 Å². The van der Waals surface area contributed by atoms with Crippen molar-refractivity contribution < 1.29 is 4.79 Å². The predicted octanol–water partition coefficient (Wildman–Crippen LogP) is 4.85. The fourth-order valence-electron chi connectivity index (χ4n) is 2.83. The second-order valence-corrected chi connectivity index (χ2v) is 8.05. The number of thioether (sulfide) groups is 1. The molecule has 3 nitrogen and oxygen atoms in total. The zero-order valence-electron chi connectivity index (χ0n) is 13.8. The molecule has 2 aromatic carbocycles. The van der Waals surface area contributed by atoms with Gasteiger partial charge in [-0.15, -0.1) is 11.8 Å². The fraction of sp³-hybridized carbons (Fsp3) is 0.316. The van der Waals surface area contributed by atoms with Gasteiger partial charge in [-0.3, -0.25) is 4.79 Å². The molecule has 0 spiro atoms. The van der Waals surface area contributed by atoms with Gasteiger partial charge in [-0.2, -0.15) is 0 Å². The molecule has 3 rings (SSSR count). The van der Waals surface area contributed by atoms with E-state index >= 15 is 0 Å². The fourth-order valence-corrected chi connectivity index (χ4v) is 4.26. The normalized spacial score (nSPS) is 15.4. The Balaban J connectivity index is 1.67. The van der Waals surface area contributed by atoms with E-state index in [1.807, 2.05) is 35.2 Å². The molecule has 2 aromatic rings. The van der Waals surface area contributed by atoms with Gasteiger partial charge < -0.3 is 10.6 Å². The summed E-state index contributed by atoms with van der Waals surface area (Å²) in [6.45, 7) is 1.47. The quantitative estimate of drug-likeness (QED) is 0.753. The Kier molecular flexibility index (Phi) is 6.29. The van der Waals surface area contributed by atoms with Gasteiger partial charge in [0.2, 0.25) is 0 Å². The molecule has 1 fully saturated rings. The number of rotatable bonds is 4. The van der Waals surface area contributed by atoms with Crippen molar-refractivity contribution >= 4 is 40.9 Å². The summed E-state index contributed by atoms with van der Waals surface area (Å²) < 4.78 is 0. The molecule has 0 aliphatic carbocycles. The van der Waals surface area contributed by atoms with Gasteiger partial charge in [-0.25, -0.2) is 0 Å². The average molecular weight is 395 g/mol. The minimum absolute atomic E-state index is 0.0829. The number of piperidine rings is 1. The zero-order valence-corrected chi connectivity index (χ0v) is 16.1. The standard InChI is InChI=1S/C19H20Cl2N2OS/c20-15-4-5-17(21)18(11-15)25-12-13-2-1-3-14(10-13)19(24)23-8-6-16(22)7-9-23/h1-5,10-11,16H,6-9,12,22H2. The third kappa shape index (κ3) is 4.91. The van der Waals surface area contributed by atoms with Gasteiger partial charge in [0.1, 0.15) is 0 Å². The maximum atomic E-state index is 12.7. The summed E-state index contributed by atoms with van der Waals surface area (Å²) in [7, 11) is 0. The van der Waals surface area contributed by atoms with Crippen LogP contribution in [0.2, 0.25) is 10.0 Å². The lowest BCUT2D eigenvalue weighted by Crippen LogP contribution is -2.42. The highest BCUT2D eigenvalue weighted by Gasteiger charge is 2.21. The van der Waals surface area contributed by atoms with Crippen LogP contribution >= 0.6 is 35.0 Å². The molecule has 0 bridgehead atoms. The van der Waals surface area contributed by atoms with E-state index < -0.39 is 0 Å². The summed E-state index contributed by atoms with van der Waals surface area (Å²) in [5.74, 6) is 0.811. The van der Waals surface area contributed by atoms with E-state index in [1.165, 1.54) is 0 Å². The summed E-state index contributed by atoms with van der Waals surface area (Å²) in [6.07, 6.45) is 1.74. The molecule has 1 saturated heterocycles. The second kappa shape index (κ2) is 8.45. The lowest BCUT2D eigenvalue weighted by atomic mass is 10.0. The lowest BCUT2D eigenvalue weighted by molar-refractivity contribution is 0.0714. The van der Waals surface area contributed by atoms with E-state index in [-0.39, 0.29) is 11.9 Å². The molecule has 1 amide bonds. The van der Waals surface area contributed by atoms with Gasteiger partial charge in [0.15, 0.2) is 0 Å². The van der Waals surface area contributed by atoms with Crippen molar-refractivity contribution in [3.05, 3.63) is 63.6 Å². The molecule has 0 aromatic heterocycles. The molecule has 2 N–H and O–H groups in total. The van der Waals surface area contributed by atoms with Gasteiger partial charge in [0, 0.05) is 40.4 Å². The number of hydrogen-bond donors (Lipinski definition) is 1. The molecule has 0 saturated carbocycles. The number of nitrogens with two attached hydrogens (primary N) is 1. The monoisotopic (exact) mass is 394 g/mol. The highest BCUT2D eigenvalue weighted by atomic mass is 35.5. The number of carbonyl (C=O) groups is 1. The van der Waals surface area contributed by atoms with Crippen LogP contribution in [0.5, 0.6) is 0 Å². The number of carbonyl (C=O) groups excluding carboxylic acids is 1. The van der Waals surface area contributed by atoms with Crippen molar-refractivity contribution in [2.24, 2.45) is 5.73 Å². The van der Waals surface area contributed by atoms with Gasteiger partial charge >= 0.3 is 0 Å². The first-order valence-electron chi connectivity index (χ1n) is 8.24. The largest absolute Gasteiger partial charge is 0.339 e. The number of likely N-dealkylation sites (tertiary alicyclic amines) is 1. The first-order chi connectivity index (χ1) is 12.0. The molecule has 1 heterocycles. The van der Waals surface area contributed by atoms with Crippen molar-refractivity contribution in [1.29, 1.82) is 0 Å². The van der Waals surface area contributed by atoms with Crippen molar-refractivity contribution in [1.82, 2.24) is 4.90 Å². The van der Waals surface area contributed by atoms with Crippen LogP contribution < -0.4 is 5.73 Å². The summed E-state index contributed by atoms with van der Waals surface area (Å²) in [5, 5.41) is 1.35. The van der Waals surface area contributed by atoms with Gasteiger partial charge in [-0.1, -0.05) is 35.3 Å². The number of halogens is 2. The van der Waals surface area contributed by atoms with E-state index in [0.717, 1.165) is 47.7 Å². The van der Waals surface area contributed by atoms with Crippen molar-refractivity contribution in [2.75, 3.05) is 13.1 Å². The summed E-state index contributed by atoms with van der Waals surface area (Å²) in [5.41, 5.74) is 7.73. The van der Waals surface area contributed by atoms with Crippen molar-refractivity contribution in [3.8, 4) is 0 Å². The third-order valence-electron chi connectivity index (χ3n) is 4.29. The lowest BCUT2D eigenvalue weighted by Gasteiger charge is -2.30. The summed E-state index contributed by atoms with van der Waals surface area (Å²) in [6, 6.07) is 13.4. The van der Waals surface area contributed by atoms with Crippen LogP contribution in [0.25, 0.3) is 0 Å². The average Bonchev–Trinajstić information content (AvgIpc) is 2.63. The highest BCUT2D eigenvalue weighted by molar-refractivity contribution is 7.98. The maximum absolute atomic E-state index is 12.7. The Morgan fingerprint density at radius 3 is 2.68 bits per heavy atom. The number of hydrogen-bond acceptors (Lipinski definition) is 3. The van der Waals surface area contributed by atoms with E-state index in [4.69, 9.17) is 28.9 Å². The predicted molar refractivity (Wildman–Crippen MR) is 106 cm³/mol. The Bertz CT molecular complexity index is 761. The Hall–Kier alpha value is -1.20. The first-order valence-corrected chi connectivity index (χ1v) is 9.99. The molecule has 0 unspecified atom stereocenters. The smallest absolute Gasteiger partial charge is 0.253 e. The first kappa shape index (κ1) is 18.6. The zero-order chi connectivity index (χ0) is 17.8. The molecule has 1 aliphatic rings. The minimum atomic E-state index is 0.0829.